The lowest BCUT2D eigenvalue weighted by molar-refractivity contribution is -0.122. The predicted molar refractivity (Wildman–Crippen MR) is 95.9 cm³/mol. The molecule has 1 aliphatic carbocycles. The van der Waals surface area contributed by atoms with E-state index in [-0.39, 0.29) is 18.3 Å². The number of nitrogens with one attached hydrogen (secondary N) is 1. The topological polar surface area (TPSA) is 64.4 Å². The van der Waals surface area contributed by atoms with Gasteiger partial charge < -0.3 is 15.8 Å². The summed E-state index contributed by atoms with van der Waals surface area (Å²) >= 11 is 0. The molecule has 1 aromatic carbocycles. The smallest absolute Gasteiger partial charge is 0.237 e. The molecule has 1 saturated carbocycles. The van der Waals surface area contributed by atoms with Crippen LogP contribution in [0.25, 0.3) is 0 Å². The minimum Gasteiger partial charge on any atom is -0.490 e. The van der Waals surface area contributed by atoms with Crippen LogP contribution in [0.3, 0.4) is 0 Å². The van der Waals surface area contributed by atoms with Crippen LogP contribution in [-0.4, -0.2) is 18.1 Å². The van der Waals surface area contributed by atoms with Crippen molar-refractivity contribution in [3.63, 3.8) is 0 Å². The largest absolute Gasteiger partial charge is 0.490 e. The fraction of sp³-hybridized carbons (Fsp3) is 0.611. The van der Waals surface area contributed by atoms with Crippen LogP contribution in [0, 0.1) is 0 Å². The van der Waals surface area contributed by atoms with Gasteiger partial charge in [0.15, 0.2) is 0 Å². The molecule has 2 rings (SSSR count). The van der Waals surface area contributed by atoms with Gasteiger partial charge in [-0.05, 0) is 49.8 Å². The number of hydrogen-bond donors (Lipinski definition) is 2. The Bertz CT molecular complexity index is 459. The van der Waals surface area contributed by atoms with Crippen LogP contribution < -0.4 is 15.8 Å². The molecule has 23 heavy (non-hydrogen) atoms. The molecule has 1 aliphatic rings. The van der Waals surface area contributed by atoms with Gasteiger partial charge >= 0.3 is 0 Å². The van der Waals surface area contributed by atoms with Gasteiger partial charge in [-0.2, -0.15) is 0 Å². The number of carbonyl (C=O) groups excluding carboxylic acids is 1. The van der Waals surface area contributed by atoms with E-state index in [4.69, 9.17) is 10.5 Å². The number of ether oxygens (including phenoxy) is 1. The second-order valence-electron chi connectivity index (χ2n) is 6.13. The summed E-state index contributed by atoms with van der Waals surface area (Å²) in [5.41, 5.74) is 6.85. The van der Waals surface area contributed by atoms with Gasteiger partial charge in [0.25, 0.3) is 0 Å². The molecule has 3 N–H and O–H groups in total. The molecule has 0 radical (unpaired) electrons. The first-order valence-corrected chi connectivity index (χ1v) is 8.48. The van der Waals surface area contributed by atoms with Gasteiger partial charge in [-0.3, -0.25) is 4.79 Å². The highest BCUT2D eigenvalue weighted by Crippen LogP contribution is 2.23. The monoisotopic (exact) mass is 340 g/mol. The van der Waals surface area contributed by atoms with Crippen LogP contribution in [0.15, 0.2) is 24.3 Å². The number of amides is 1. The molecule has 0 bridgehead atoms. The Morgan fingerprint density at radius 3 is 2.52 bits per heavy atom. The summed E-state index contributed by atoms with van der Waals surface area (Å²) in [4.78, 5) is 11.8. The number of benzene rings is 1. The molecule has 0 heterocycles. The quantitative estimate of drug-likeness (QED) is 0.797. The molecule has 0 aromatic heterocycles. The van der Waals surface area contributed by atoms with Crippen LogP contribution >= 0.6 is 12.4 Å². The molecule has 0 spiro atoms. The minimum atomic E-state index is -0.404. The SMILES string of the molecule is CCCC(N)C(=O)NCc1ccc(OC2CCCCC2)cc1.Cl. The summed E-state index contributed by atoms with van der Waals surface area (Å²) in [5, 5.41) is 2.88. The third-order valence-corrected chi connectivity index (χ3v) is 4.18. The van der Waals surface area contributed by atoms with Crippen molar-refractivity contribution in [1.82, 2.24) is 5.32 Å². The van der Waals surface area contributed by atoms with E-state index >= 15 is 0 Å². The van der Waals surface area contributed by atoms with E-state index < -0.39 is 6.04 Å². The van der Waals surface area contributed by atoms with Crippen LogP contribution in [0.4, 0.5) is 0 Å². The van der Waals surface area contributed by atoms with Crippen LogP contribution in [0.2, 0.25) is 0 Å². The summed E-state index contributed by atoms with van der Waals surface area (Å²) in [6.07, 6.45) is 8.20. The van der Waals surface area contributed by atoms with Crippen molar-refractivity contribution in [3.8, 4) is 5.75 Å². The second kappa shape index (κ2) is 10.5. The summed E-state index contributed by atoms with van der Waals surface area (Å²) in [7, 11) is 0. The first-order valence-electron chi connectivity index (χ1n) is 8.48. The molecule has 1 aromatic rings. The average molecular weight is 341 g/mol. The van der Waals surface area contributed by atoms with E-state index in [1.165, 1.54) is 19.3 Å². The molecule has 1 unspecified atom stereocenters. The highest BCUT2D eigenvalue weighted by molar-refractivity contribution is 5.85. The summed E-state index contributed by atoms with van der Waals surface area (Å²) < 4.78 is 6.00. The molecule has 0 aliphatic heterocycles. The lowest BCUT2D eigenvalue weighted by Gasteiger charge is -2.23. The highest BCUT2D eigenvalue weighted by Gasteiger charge is 2.15. The normalized spacial score (nSPS) is 16.3. The second-order valence-corrected chi connectivity index (χ2v) is 6.13. The maximum absolute atomic E-state index is 11.8. The zero-order valence-corrected chi connectivity index (χ0v) is 14.7. The van der Waals surface area contributed by atoms with E-state index in [2.05, 4.69) is 5.32 Å². The van der Waals surface area contributed by atoms with Gasteiger partial charge in [-0.15, -0.1) is 12.4 Å². The molecule has 1 atom stereocenters. The van der Waals surface area contributed by atoms with Gasteiger partial charge in [0.2, 0.25) is 5.91 Å². The summed E-state index contributed by atoms with van der Waals surface area (Å²) in [5.74, 6) is 0.842. The minimum absolute atomic E-state index is 0. The zero-order valence-electron chi connectivity index (χ0n) is 13.9. The molecule has 130 valence electrons. The van der Waals surface area contributed by atoms with Gasteiger partial charge in [0, 0.05) is 6.54 Å². The Morgan fingerprint density at radius 2 is 1.91 bits per heavy atom. The van der Waals surface area contributed by atoms with E-state index in [1.807, 2.05) is 31.2 Å². The fourth-order valence-electron chi connectivity index (χ4n) is 2.82. The standard InChI is InChI=1S/C18H28N2O2.ClH/c1-2-6-17(19)18(21)20-13-14-9-11-16(12-10-14)22-15-7-4-3-5-8-15;/h9-12,15,17H,2-8,13,19H2,1H3,(H,20,21);1H. The number of rotatable bonds is 7. The van der Waals surface area contributed by atoms with Crippen molar-refractivity contribution in [2.24, 2.45) is 5.73 Å². The van der Waals surface area contributed by atoms with E-state index in [0.29, 0.717) is 12.6 Å². The van der Waals surface area contributed by atoms with E-state index in [9.17, 15) is 4.79 Å². The first-order chi connectivity index (χ1) is 10.7. The number of carbonyl (C=O) groups is 1. The van der Waals surface area contributed by atoms with Gasteiger partial charge in [-0.1, -0.05) is 31.9 Å². The Morgan fingerprint density at radius 1 is 1.26 bits per heavy atom. The first kappa shape index (κ1) is 19.8. The maximum atomic E-state index is 11.8. The van der Waals surface area contributed by atoms with Gasteiger partial charge in [0.05, 0.1) is 12.1 Å². The predicted octanol–water partition coefficient (Wildman–Crippen LogP) is 3.56. The van der Waals surface area contributed by atoms with E-state index in [1.54, 1.807) is 0 Å². The molecule has 1 amide bonds. The molecule has 5 heteroatoms. The zero-order chi connectivity index (χ0) is 15.8. The number of hydrogen-bond acceptors (Lipinski definition) is 3. The van der Waals surface area contributed by atoms with Crippen LogP contribution in [-0.2, 0) is 11.3 Å². The van der Waals surface area contributed by atoms with Crippen molar-refractivity contribution < 1.29 is 9.53 Å². The van der Waals surface area contributed by atoms with Crippen molar-refractivity contribution in [1.29, 1.82) is 0 Å². The van der Waals surface area contributed by atoms with Crippen LogP contribution in [0.5, 0.6) is 5.75 Å². The molecular formula is C18H29ClN2O2. The Hall–Kier alpha value is -1.26. The molecular weight excluding hydrogens is 312 g/mol. The van der Waals surface area contributed by atoms with Gasteiger partial charge in [0.1, 0.15) is 5.75 Å². The van der Waals surface area contributed by atoms with Crippen molar-refractivity contribution in [3.05, 3.63) is 29.8 Å². The van der Waals surface area contributed by atoms with Crippen molar-refractivity contribution in [2.45, 2.75) is 70.6 Å². The van der Waals surface area contributed by atoms with Gasteiger partial charge in [-0.25, -0.2) is 0 Å². The third kappa shape index (κ3) is 6.80. The summed E-state index contributed by atoms with van der Waals surface area (Å²) in [6.45, 7) is 2.54. The molecule has 0 saturated heterocycles. The maximum Gasteiger partial charge on any atom is 0.237 e. The molecule has 4 nitrogen and oxygen atoms in total. The highest BCUT2D eigenvalue weighted by atomic mass is 35.5. The van der Waals surface area contributed by atoms with Crippen molar-refractivity contribution in [2.75, 3.05) is 0 Å². The average Bonchev–Trinajstić information content (AvgIpc) is 2.55. The lowest BCUT2D eigenvalue weighted by Crippen LogP contribution is -2.40. The fourth-order valence-corrected chi connectivity index (χ4v) is 2.82. The van der Waals surface area contributed by atoms with Crippen molar-refractivity contribution >= 4 is 18.3 Å². The Balaban J connectivity index is 0.00000264. The Labute approximate surface area is 145 Å². The number of nitrogens with two attached hydrogens (primary N) is 1. The van der Waals surface area contributed by atoms with Crippen LogP contribution in [0.1, 0.15) is 57.4 Å². The van der Waals surface area contributed by atoms with E-state index in [0.717, 1.165) is 37.0 Å². The third-order valence-electron chi connectivity index (χ3n) is 4.18. The Kier molecular flexibility index (Phi) is 9.03. The lowest BCUT2D eigenvalue weighted by atomic mass is 9.98. The molecule has 1 fully saturated rings. The number of halogens is 1. The summed E-state index contributed by atoms with van der Waals surface area (Å²) in [6, 6.07) is 7.58.